The Bertz CT molecular complexity index is 1230. The standard InChI is InChI=1S/C26H21ClFNO3/c1-15-12-19-22(30)14-26(10-3-11-26)32-23(19)13-18(15)16-6-8-17(9-7-16)29-25(31)24-20(27)4-2-5-21(24)28/h2,4-9,12-13H,3,10-11,14H2,1H3,(H,29,31). The molecule has 1 aliphatic heterocycles. The number of benzene rings is 3. The highest BCUT2D eigenvalue weighted by atomic mass is 35.5. The normalized spacial score (nSPS) is 16.2. The van der Waals surface area contributed by atoms with E-state index in [0.717, 1.165) is 36.0 Å². The highest BCUT2D eigenvalue weighted by molar-refractivity contribution is 6.34. The molecular formula is C26H21ClFNO3. The lowest BCUT2D eigenvalue weighted by Crippen LogP contribution is -2.47. The number of carbonyl (C=O) groups is 2. The zero-order valence-corrected chi connectivity index (χ0v) is 18.3. The van der Waals surface area contributed by atoms with Crippen LogP contribution in [0.1, 0.15) is 52.0 Å². The molecule has 1 spiro atoms. The minimum Gasteiger partial charge on any atom is -0.486 e. The smallest absolute Gasteiger partial charge is 0.260 e. The van der Waals surface area contributed by atoms with Crippen molar-refractivity contribution < 1.29 is 18.7 Å². The molecule has 1 saturated carbocycles. The molecule has 1 N–H and O–H groups in total. The van der Waals surface area contributed by atoms with Crippen molar-refractivity contribution >= 4 is 29.0 Å². The number of fused-ring (bicyclic) bond motifs is 1. The fourth-order valence-corrected chi connectivity index (χ4v) is 4.70. The predicted molar refractivity (Wildman–Crippen MR) is 122 cm³/mol. The second-order valence-electron chi connectivity index (χ2n) is 8.53. The van der Waals surface area contributed by atoms with E-state index >= 15 is 0 Å². The number of amides is 1. The van der Waals surface area contributed by atoms with Crippen LogP contribution in [0, 0.1) is 12.7 Å². The fourth-order valence-electron chi connectivity index (χ4n) is 4.45. The molecule has 162 valence electrons. The van der Waals surface area contributed by atoms with Gasteiger partial charge in [0.2, 0.25) is 0 Å². The summed E-state index contributed by atoms with van der Waals surface area (Å²) in [5, 5.41) is 2.74. The van der Waals surface area contributed by atoms with Gasteiger partial charge in [0.15, 0.2) is 5.78 Å². The molecule has 0 atom stereocenters. The molecule has 6 heteroatoms. The SMILES string of the molecule is Cc1cc2c(cc1-c1ccc(NC(=O)c3c(F)cccc3Cl)cc1)OC1(CCC1)CC2=O. The van der Waals surface area contributed by atoms with E-state index in [2.05, 4.69) is 5.32 Å². The summed E-state index contributed by atoms with van der Waals surface area (Å²) >= 11 is 5.98. The van der Waals surface area contributed by atoms with Crippen LogP contribution in [0.2, 0.25) is 5.02 Å². The Morgan fingerprint density at radius 3 is 2.50 bits per heavy atom. The number of hydrogen-bond donors (Lipinski definition) is 1. The topological polar surface area (TPSA) is 55.4 Å². The molecule has 1 aliphatic carbocycles. The Labute approximate surface area is 190 Å². The number of aryl methyl sites for hydroxylation is 1. The summed E-state index contributed by atoms with van der Waals surface area (Å²) in [4.78, 5) is 25.1. The summed E-state index contributed by atoms with van der Waals surface area (Å²) in [5.41, 5.74) is 3.52. The largest absolute Gasteiger partial charge is 0.486 e. The van der Waals surface area contributed by atoms with Crippen LogP contribution in [0.3, 0.4) is 0 Å². The minimum atomic E-state index is -0.671. The van der Waals surface area contributed by atoms with E-state index in [9.17, 15) is 14.0 Å². The molecule has 0 unspecified atom stereocenters. The van der Waals surface area contributed by atoms with E-state index in [4.69, 9.17) is 16.3 Å². The summed E-state index contributed by atoms with van der Waals surface area (Å²) < 4.78 is 20.3. The number of rotatable bonds is 3. The van der Waals surface area contributed by atoms with Crippen molar-refractivity contribution in [2.24, 2.45) is 0 Å². The maximum Gasteiger partial charge on any atom is 0.260 e. The third-order valence-corrected chi connectivity index (χ3v) is 6.66. The average molecular weight is 450 g/mol. The van der Waals surface area contributed by atoms with Gasteiger partial charge in [-0.1, -0.05) is 29.8 Å². The van der Waals surface area contributed by atoms with Crippen molar-refractivity contribution in [1.29, 1.82) is 0 Å². The van der Waals surface area contributed by atoms with Gasteiger partial charge in [-0.05, 0) is 79.3 Å². The van der Waals surface area contributed by atoms with Gasteiger partial charge in [-0.15, -0.1) is 0 Å². The quantitative estimate of drug-likeness (QED) is 0.490. The third-order valence-electron chi connectivity index (χ3n) is 6.34. The van der Waals surface area contributed by atoms with Crippen LogP contribution in [0.15, 0.2) is 54.6 Å². The van der Waals surface area contributed by atoms with E-state index in [1.165, 1.54) is 18.2 Å². The summed E-state index contributed by atoms with van der Waals surface area (Å²) in [6, 6.07) is 15.2. The van der Waals surface area contributed by atoms with Crippen LogP contribution in [-0.2, 0) is 0 Å². The molecule has 2 aliphatic rings. The molecule has 32 heavy (non-hydrogen) atoms. The van der Waals surface area contributed by atoms with Crippen molar-refractivity contribution in [3.63, 3.8) is 0 Å². The number of ketones is 1. The van der Waals surface area contributed by atoms with Crippen molar-refractivity contribution in [2.75, 3.05) is 5.32 Å². The summed E-state index contributed by atoms with van der Waals surface area (Å²) in [7, 11) is 0. The third kappa shape index (κ3) is 3.56. The van der Waals surface area contributed by atoms with Gasteiger partial charge < -0.3 is 10.1 Å². The first kappa shape index (κ1) is 20.7. The van der Waals surface area contributed by atoms with Crippen LogP contribution in [0.25, 0.3) is 11.1 Å². The van der Waals surface area contributed by atoms with Gasteiger partial charge in [-0.25, -0.2) is 4.39 Å². The molecule has 3 aromatic carbocycles. The van der Waals surface area contributed by atoms with Gasteiger partial charge in [0, 0.05) is 5.69 Å². The number of halogens is 2. The van der Waals surface area contributed by atoms with Gasteiger partial charge in [0.05, 0.1) is 22.6 Å². The van der Waals surface area contributed by atoms with E-state index in [1.807, 2.05) is 31.2 Å². The van der Waals surface area contributed by atoms with E-state index in [0.29, 0.717) is 23.4 Å². The average Bonchev–Trinajstić information content (AvgIpc) is 2.73. The molecule has 5 rings (SSSR count). The van der Waals surface area contributed by atoms with Crippen molar-refractivity contribution in [3.8, 4) is 16.9 Å². The monoisotopic (exact) mass is 449 g/mol. The highest BCUT2D eigenvalue weighted by Crippen LogP contribution is 2.46. The van der Waals surface area contributed by atoms with Crippen LogP contribution < -0.4 is 10.1 Å². The molecule has 1 fully saturated rings. The van der Waals surface area contributed by atoms with Crippen LogP contribution >= 0.6 is 11.6 Å². The fraction of sp³-hybridized carbons (Fsp3) is 0.231. The van der Waals surface area contributed by atoms with Gasteiger partial charge >= 0.3 is 0 Å². The van der Waals surface area contributed by atoms with Crippen molar-refractivity contribution in [3.05, 3.63) is 82.1 Å². The van der Waals surface area contributed by atoms with E-state index < -0.39 is 11.7 Å². The predicted octanol–water partition coefficient (Wildman–Crippen LogP) is 6.59. The van der Waals surface area contributed by atoms with Crippen molar-refractivity contribution in [2.45, 2.75) is 38.2 Å². The van der Waals surface area contributed by atoms with Gasteiger partial charge in [-0.3, -0.25) is 9.59 Å². The molecule has 0 saturated heterocycles. The highest BCUT2D eigenvalue weighted by Gasteiger charge is 2.45. The molecule has 0 bridgehead atoms. The summed E-state index contributed by atoms with van der Waals surface area (Å²) in [6.07, 6.45) is 3.38. The van der Waals surface area contributed by atoms with Gasteiger partial charge in [0.25, 0.3) is 5.91 Å². The van der Waals surface area contributed by atoms with Gasteiger partial charge in [-0.2, -0.15) is 0 Å². The molecule has 4 nitrogen and oxygen atoms in total. The van der Waals surface area contributed by atoms with Crippen molar-refractivity contribution in [1.82, 2.24) is 0 Å². The molecule has 3 aromatic rings. The first-order valence-electron chi connectivity index (χ1n) is 10.6. The molecule has 1 amide bonds. The van der Waals surface area contributed by atoms with E-state index in [1.54, 1.807) is 12.1 Å². The Hall–Kier alpha value is -3.18. The number of carbonyl (C=O) groups excluding carboxylic acids is 2. The van der Waals surface area contributed by atoms with E-state index in [-0.39, 0.29) is 22.0 Å². The molecule has 0 radical (unpaired) electrons. The van der Waals surface area contributed by atoms with Crippen LogP contribution in [0.4, 0.5) is 10.1 Å². The first-order chi connectivity index (χ1) is 15.3. The maximum absolute atomic E-state index is 14.0. The number of Topliss-reactive ketones (excluding diaryl/α,β-unsaturated/α-hetero) is 1. The number of hydrogen-bond acceptors (Lipinski definition) is 3. The number of nitrogens with one attached hydrogen (secondary N) is 1. The Kier molecular flexibility index (Phi) is 5.01. The number of ether oxygens (including phenoxy) is 1. The zero-order chi connectivity index (χ0) is 22.5. The zero-order valence-electron chi connectivity index (χ0n) is 17.5. The second kappa shape index (κ2) is 7.75. The molecular weight excluding hydrogens is 429 g/mol. The Morgan fingerprint density at radius 2 is 1.84 bits per heavy atom. The van der Waals surface area contributed by atoms with Gasteiger partial charge in [0.1, 0.15) is 17.2 Å². The van der Waals surface area contributed by atoms with Crippen LogP contribution in [0.5, 0.6) is 5.75 Å². The lowest BCUT2D eigenvalue weighted by molar-refractivity contribution is -0.0177. The van der Waals surface area contributed by atoms with Crippen LogP contribution in [-0.4, -0.2) is 17.3 Å². The Balaban J connectivity index is 1.40. The minimum absolute atomic E-state index is 0.0579. The molecule has 0 aromatic heterocycles. The molecule has 1 heterocycles. The lowest BCUT2D eigenvalue weighted by Gasteiger charge is -2.44. The maximum atomic E-state index is 14.0. The summed E-state index contributed by atoms with van der Waals surface area (Å²) in [6.45, 7) is 1.96. The second-order valence-corrected chi connectivity index (χ2v) is 8.94. The summed E-state index contributed by atoms with van der Waals surface area (Å²) in [5.74, 6) is -0.489. The Morgan fingerprint density at radius 1 is 1.09 bits per heavy atom. The first-order valence-corrected chi connectivity index (χ1v) is 11.0. The number of anilines is 1. The lowest BCUT2D eigenvalue weighted by atomic mass is 9.74.